The molecule has 1 amide bonds. The van der Waals surface area contributed by atoms with E-state index in [-0.39, 0.29) is 12.5 Å². The Labute approximate surface area is 121 Å². The Balaban J connectivity index is 1.84. The van der Waals surface area contributed by atoms with Gasteiger partial charge < -0.3 is 10.0 Å². The van der Waals surface area contributed by atoms with Crippen LogP contribution < -0.4 is 0 Å². The molecule has 1 saturated carbocycles. The van der Waals surface area contributed by atoms with Gasteiger partial charge in [0.05, 0.1) is 6.61 Å². The SMILES string of the molecule is O=C(CCC1CCCC1)N(CCO)Cc1ccccc1. The summed E-state index contributed by atoms with van der Waals surface area (Å²) in [5, 5.41) is 9.15. The van der Waals surface area contributed by atoms with Gasteiger partial charge in [0.25, 0.3) is 0 Å². The molecule has 110 valence electrons. The maximum absolute atomic E-state index is 12.3. The van der Waals surface area contributed by atoms with E-state index in [2.05, 4.69) is 0 Å². The second-order valence-electron chi connectivity index (χ2n) is 5.71. The fraction of sp³-hybridized carbons (Fsp3) is 0.588. The molecule has 0 atom stereocenters. The van der Waals surface area contributed by atoms with Gasteiger partial charge in [-0.15, -0.1) is 0 Å². The van der Waals surface area contributed by atoms with E-state index in [1.807, 2.05) is 30.3 Å². The third-order valence-corrected chi connectivity index (χ3v) is 4.18. The molecule has 1 aliphatic carbocycles. The predicted molar refractivity (Wildman–Crippen MR) is 80.1 cm³/mol. The topological polar surface area (TPSA) is 40.5 Å². The maximum atomic E-state index is 12.3. The molecule has 3 nitrogen and oxygen atoms in total. The standard InChI is InChI=1S/C17H25NO2/c19-13-12-18(14-16-8-2-1-3-9-16)17(20)11-10-15-6-4-5-7-15/h1-3,8-9,15,19H,4-7,10-14H2. The summed E-state index contributed by atoms with van der Waals surface area (Å²) in [6.45, 7) is 1.06. The molecule has 0 saturated heterocycles. The number of nitrogens with zero attached hydrogens (tertiary/aromatic N) is 1. The number of hydrogen-bond donors (Lipinski definition) is 1. The summed E-state index contributed by atoms with van der Waals surface area (Å²) in [6.07, 6.45) is 6.84. The van der Waals surface area contributed by atoms with Crippen LogP contribution in [0.3, 0.4) is 0 Å². The van der Waals surface area contributed by atoms with Gasteiger partial charge in [0.1, 0.15) is 0 Å². The van der Waals surface area contributed by atoms with Crippen LogP contribution in [0.2, 0.25) is 0 Å². The smallest absolute Gasteiger partial charge is 0.222 e. The molecule has 0 radical (unpaired) electrons. The van der Waals surface area contributed by atoms with Crippen molar-refractivity contribution < 1.29 is 9.90 Å². The van der Waals surface area contributed by atoms with Crippen molar-refractivity contribution in [3.8, 4) is 0 Å². The molecule has 1 aliphatic rings. The van der Waals surface area contributed by atoms with Crippen molar-refractivity contribution in [1.82, 2.24) is 4.90 Å². The Hall–Kier alpha value is -1.35. The van der Waals surface area contributed by atoms with Crippen LogP contribution in [0.4, 0.5) is 0 Å². The van der Waals surface area contributed by atoms with E-state index < -0.39 is 0 Å². The minimum Gasteiger partial charge on any atom is -0.395 e. The van der Waals surface area contributed by atoms with Crippen molar-refractivity contribution in [2.75, 3.05) is 13.2 Å². The van der Waals surface area contributed by atoms with E-state index in [1.165, 1.54) is 25.7 Å². The third-order valence-electron chi connectivity index (χ3n) is 4.18. The average Bonchev–Trinajstić information content (AvgIpc) is 2.99. The molecule has 0 spiro atoms. The first-order valence-electron chi connectivity index (χ1n) is 7.72. The molecular weight excluding hydrogens is 250 g/mol. The van der Waals surface area contributed by atoms with Crippen LogP contribution in [0.15, 0.2) is 30.3 Å². The Kier molecular flexibility index (Phi) is 6.06. The van der Waals surface area contributed by atoms with Crippen LogP contribution in [0, 0.1) is 5.92 Å². The van der Waals surface area contributed by atoms with Crippen LogP contribution in [-0.2, 0) is 11.3 Å². The van der Waals surface area contributed by atoms with Crippen molar-refractivity contribution in [1.29, 1.82) is 0 Å². The highest BCUT2D eigenvalue weighted by Gasteiger charge is 2.19. The third kappa shape index (κ3) is 4.64. The summed E-state index contributed by atoms with van der Waals surface area (Å²) in [7, 11) is 0. The lowest BCUT2D eigenvalue weighted by Gasteiger charge is -2.22. The van der Waals surface area contributed by atoms with Gasteiger partial charge in [0.15, 0.2) is 0 Å². The largest absolute Gasteiger partial charge is 0.395 e. The lowest BCUT2D eigenvalue weighted by molar-refractivity contribution is -0.132. The number of rotatable bonds is 7. The first kappa shape index (κ1) is 15.0. The Morgan fingerprint density at radius 3 is 2.55 bits per heavy atom. The van der Waals surface area contributed by atoms with Gasteiger partial charge in [0, 0.05) is 19.5 Å². The number of hydrogen-bond acceptors (Lipinski definition) is 2. The number of aliphatic hydroxyl groups excluding tert-OH is 1. The van der Waals surface area contributed by atoms with E-state index >= 15 is 0 Å². The van der Waals surface area contributed by atoms with E-state index in [0.29, 0.717) is 19.5 Å². The molecule has 2 rings (SSSR count). The van der Waals surface area contributed by atoms with Gasteiger partial charge in [-0.25, -0.2) is 0 Å². The van der Waals surface area contributed by atoms with Crippen molar-refractivity contribution in [3.63, 3.8) is 0 Å². The zero-order valence-electron chi connectivity index (χ0n) is 12.1. The van der Waals surface area contributed by atoms with Crippen molar-refractivity contribution in [3.05, 3.63) is 35.9 Å². The second-order valence-corrected chi connectivity index (χ2v) is 5.71. The molecule has 1 N–H and O–H groups in total. The summed E-state index contributed by atoms with van der Waals surface area (Å²) in [5.74, 6) is 0.918. The van der Waals surface area contributed by atoms with Gasteiger partial charge in [-0.3, -0.25) is 4.79 Å². The molecule has 0 bridgehead atoms. The number of amides is 1. The van der Waals surface area contributed by atoms with E-state index in [0.717, 1.165) is 17.9 Å². The summed E-state index contributed by atoms with van der Waals surface area (Å²) >= 11 is 0. The van der Waals surface area contributed by atoms with Gasteiger partial charge in [-0.05, 0) is 17.9 Å². The quantitative estimate of drug-likeness (QED) is 0.831. The lowest BCUT2D eigenvalue weighted by Crippen LogP contribution is -2.33. The van der Waals surface area contributed by atoms with Crippen LogP contribution >= 0.6 is 0 Å². The first-order valence-corrected chi connectivity index (χ1v) is 7.72. The van der Waals surface area contributed by atoms with Crippen LogP contribution in [0.1, 0.15) is 44.1 Å². The van der Waals surface area contributed by atoms with Crippen LogP contribution in [-0.4, -0.2) is 29.1 Å². The highest BCUT2D eigenvalue weighted by atomic mass is 16.3. The fourth-order valence-electron chi connectivity index (χ4n) is 3.00. The van der Waals surface area contributed by atoms with Gasteiger partial charge in [-0.2, -0.15) is 0 Å². The molecular formula is C17H25NO2. The number of benzene rings is 1. The summed E-state index contributed by atoms with van der Waals surface area (Å²) < 4.78 is 0. The molecule has 1 aromatic rings. The fourth-order valence-corrected chi connectivity index (χ4v) is 3.00. The van der Waals surface area contributed by atoms with Gasteiger partial charge >= 0.3 is 0 Å². The highest BCUT2D eigenvalue weighted by molar-refractivity contribution is 5.76. The molecule has 20 heavy (non-hydrogen) atoms. The summed E-state index contributed by atoms with van der Waals surface area (Å²) in [4.78, 5) is 14.1. The monoisotopic (exact) mass is 275 g/mol. The predicted octanol–water partition coefficient (Wildman–Crippen LogP) is 2.98. The Morgan fingerprint density at radius 2 is 1.90 bits per heavy atom. The van der Waals surface area contributed by atoms with E-state index in [1.54, 1.807) is 4.90 Å². The van der Waals surface area contributed by atoms with Crippen LogP contribution in [0.5, 0.6) is 0 Å². The second kappa shape index (κ2) is 8.05. The minimum atomic E-state index is 0.0298. The normalized spacial score (nSPS) is 15.4. The lowest BCUT2D eigenvalue weighted by atomic mass is 10.0. The maximum Gasteiger partial charge on any atom is 0.222 e. The molecule has 0 aliphatic heterocycles. The number of carbonyl (C=O) groups excluding carboxylic acids is 1. The van der Waals surface area contributed by atoms with E-state index in [4.69, 9.17) is 5.11 Å². The zero-order chi connectivity index (χ0) is 14.2. The molecule has 0 unspecified atom stereocenters. The number of carbonyl (C=O) groups is 1. The molecule has 3 heteroatoms. The molecule has 0 heterocycles. The first-order chi connectivity index (χ1) is 9.79. The Morgan fingerprint density at radius 1 is 1.20 bits per heavy atom. The van der Waals surface area contributed by atoms with Gasteiger partial charge in [-0.1, -0.05) is 56.0 Å². The Bertz CT molecular complexity index is 399. The van der Waals surface area contributed by atoms with Crippen molar-refractivity contribution in [2.45, 2.75) is 45.1 Å². The van der Waals surface area contributed by atoms with Gasteiger partial charge in [0.2, 0.25) is 5.91 Å². The van der Waals surface area contributed by atoms with Crippen molar-refractivity contribution >= 4 is 5.91 Å². The molecule has 0 aromatic heterocycles. The van der Waals surface area contributed by atoms with E-state index in [9.17, 15) is 4.79 Å². The summed E-state index contributed by atoms with van der Waals surface area (Å²) in [6, 6.07) is 9.98. The number of aliphatic hydroxyl groups is 1. The van der Waals surface area contributed by atoms with Crippen molar-refractivity contribution in [2.24, 2.45) is 5.92 Å². The minimum absolute atomic E-state index is 0.0298. The highest BCUT2D eigenvalue weighted by Crippen LogP contribution is 2.28. The summed E-state index contributed by atoms with van der Waals surface area (Å²) in [5.41, 5.74) is 1.12. The molecule has 1 fully saturated rings. The van der Waals surface area contributed by atoms with Crippen LogP contribution in [0.25, 0.3) is 0 Å². The average molecular weight is 275 g/mol. The molecule has 1 aromatic carbocycles. The zero-order valence-corrected chi connectivity index (χ0v) is 12.1.